The van der Waals surface area contributed by atoms with Crippen LogP contribution in [0.15, 0.2) is 30.9 Å². The molecule has 0 spiro atoms. The number of hydrogen-bond acceptors (Lipinski definition) is 1. The van der Waals surface area contributed by atoms with Crippen LogP contribution in [0.1, 0.15) is 11.6 Å². The molecule has 0 aliphatic heterocycles. The molecule has 1 rings (SSSR count). The lowest BCUT2D eigenvalue weighted by molar-refractivity contribution is 0.627. The monoisotopic (exact) mass is 185 g/mol. The number of halogens is 2. The Hall–Kier alpha value is -0.860. The molecule has 0 heterocycles. The highest BCUT2D eigenvalue weighted by molar-refractivity contribution is 6.30. The van der Waals surface area contributed by atoms with Crippen LogP contribution in [0.2, 0.25) is 5.02 Å². The molecular weight excluding hydrogens is 177 g/mol. The molecule has 0 aliphatic rings. The average molecular weight is 186 g/mol. The lowest BCUT2D eigenvalue weighted by atomic mass is 10.1. The molecule has 12 heavy (non-hydrogen) atoms. The predicted octanol–water partition coefficient (Wildman–Crippen LogP) is 2.66. The molecule has 2 N–H and O–H groups in total. The summed E-state index contributed by atoms with van der Waals surface area (Å²) in [7, 11) is 0. The van der Waals surface area contributed by atoms with Gasteiger partial charge in [0.05, 0.1) is 5.02 Å². The topological polar surface area (TPSA) is 26.0 Å². The van der Waals surface area contributed by atoms with E-state index in [0.717, 1.165) is 5.56 Å². The van der Waals surface area contributed by atoms with E-state index in [-0.39, 0.29) is 11.1 Å². The van der Waals surface area contributed by atoms with Crippen LogP contribution >= 0.6 is 11.6 Å². The van der Waals surface area contributed by atoms with Gasteiger partial charge in [0, 0.05) is 6.04 Å². The maximum absolute atomic E-state index is 12.7. The second-order valence-corrected chi connectivity index (χ2v) is 2.84. The van der Waals surface area contributed by atoms with Gasteiger partial charge >= 0.3 is 0 Å². The summed E-state index contributed by atoms with van der Waals surface area (Å²) in [6.07, 6.45) is 1.57. The SMILES string of the molecule is C=CC(N)c1ccc(F)c(Cl)c1. The second kappa shape index (κ2) is 3.70. The highest BCUT2D eigenvalue weighted by Gasteiger charge is 2.04. The fourth-order valence-corrected chi connectivity index (χ4v) is 1.04. The average Bonchev–Trinajstić information content (AvgIpc) is 2.08. The minimum absolute atomic E-state index is 0.0878. The first-order chi connectivity index (χ1) is 5.65. The normalized spacial score (nSPS) is 12.6. The standard InChI is InChI=1S/C9H9ClFN/c1-2-9(12)6-3-4-8(11)7(10)5-6/h2-5,9H,1,12H2. The van der Waals surface area contributed by atoms with Crippen molar-refractivity contribution in [2.75, 3.05) is 0 Å². The Balaban J connectivity index is 3.04. The Labute approximate surface area is 75.6 Å². The quantitative estimate of drug-likeness (QED) is 0.705. The Morgan fingerprint density at radius 2 is 2.25 bits per heavy atom. The van der Waals surface area contributed by atoms with Crippen LogP contribution < -0.4 is 5.73 Å². The van der Waals surface area contributed by atoms with Crippen molar-refractivity contribution in [1.82, 2.24) is 0 Å². The molecule has 1 aromatic carbocycles. The first kappa shape index (κ1) is 9.23. The summed E-state index contributed by atoms with van der Waals surface area (Å²) in [5, 5.41) is 0.0878. The maximum atomic E-state index is 12.7. The molecule has 0 amide bonds. The van der Waals surface area contributed by atoms with Gasteiger partial charge in [0.15, 0.2) is 0 Å². The van der Waals surface area contributed by atoms with Gasteiger partial charge in [-0.25, -0.2) is 4.39 Å². The Morgan fingerprint density at radius 3 is 2.75 bits per heavy atom. The van der Waals surface area contributed by atoms with Crippen LogP contribution in [0.5, 0.6) is 0 Å². The summed E-state index contributed by atoms with van der Waals surface area (Å²) in [5.41, 5.74) is 6.37. The van der Waals surface area contributed by atoms with Gasteiger partial charge in [-0.1, -0.05) is 23.7 Å². The van der Waals surface area contributed by atoms with E-state index in [9.17, 15) is 4.39 Å². The van der Waals surface area contributed by atoms with Gasteiger partial charge in [0.25, 0.3) is 0 Å². The van der Waals surface area contributed by atoms with Crippen LogP contribution in [-0.2, 0) is 0 Å². The van der Waals surface area contributed by atoms with Gasteiger partial charge in [0.1, 0.15) is 5.82 Å². The highest BCUT2D eigenvalue weighted by Crippen LogP contribution is 2.19. The summed E-state index contributed by atoms with van der Waals surface area (Å²) < 4.78 is 12.7. The third-order valence-corrected chi connectivity index (χ3v) is 1.87. The van der Waals surface area contributed by atoms with Crippen LogP contribution in [-0.4, -0.2) is 0 Å². The first-order valence-corrected chi connectivity index (χ1v) is 3.86. The van der Waals surface area contributed by atoms with Gasteiger partial charge in [-0.15, -0.1) is 6.58 Å². The Kier molecular flexibility index (Phi) is 2.84. The largest absolute Gasteiger partial charge is 0.321 e. The van der Waals surface area contributed by atoms with Crippen molar-refractivity contribution < 1.29 is 4.39 Å². The van der Waals surface area contributed by atoms with Crippen molar-refractivity contribution in [3.05, 3.63) is 47.3 Å². The summed E-state index contributed by atoms with van der Waals surface area (Å²) in [6, 6.07) is 4.10. The van der Waals surface area contributed by atoms with Crippen molar-refractivity contribution in [3.63, 3.8) is 0 Å². The van der Waals surface area contributed by atoms with Crippen LogP contribution in [0.3, 0.4) is 0 Å². The number of benzene rings is 1. The summed E-state index contributed by atoms with van der Waals surface area (Å²) in [4.78, 5) is 0. The van der Waals surface area contributed by atoms with Crippen molar-refractivity contribution in [3.8, 4) is 0 Å². The van der Waals surface area contributed by atoms with Gasteiger partial charge in [-0.05, 0) is 17.7 Å². The minimum Gasteiger partial charge on any atom is -0.321 e. The molecule has 1 unspecified atom stereocenters. The van der Waals surface area contributed by atoms with Crippen molar-refractivity contribution in [2.24, 2.45) is 5.73 Å². The molecule has 0 radical (unpaired) electrons. The highest BCUT2D eigenvalue weighted by atomic mass is 35.5. The second-order valence-electron chi connectivity index (χ2n) is 2.44. The van der Waals surface area contributed by atoms with Crippen molar-refractivity contribution >= 4 is 11.6 Å². The van der Waals surface area contributed by atoms with E-state index in [1.54, 1.807) is 12.1 Å². The molecule has 64 valence electrons. The molecule has 0 fully saturated rings. The molecule has 0 bridgehead atoms. The van der Waals surface area contributed by atoms with Gasteiger partial charge < -0.3 is 5.73 Å². The Bertz CT molecular complexity index is 299. The third-order valence-electron chi connectivity index (χ3n) is 1.58. The molecule has 1 aromatic rings. The molecule has 0 saturated heterocycles. The lowest BCUT2D eigenvalue weighted by Gasteiger charge is -2.06. The van der Waals surface area contributed by atoms with E-state index in [1.165, 1.54) is 12.1 Å². The van der Waals surface area contributed by atoms with Crippen LogP contribution in [0.4, 0.5) is 4.39 Å². The number of rotatable bonds is 2. The van der Waals surface area contributed by atoms with Crippen LogP contribution in [0, 0.1) is 5.82 Å². The van der Waals surface area contributed by atoms with Crippen LogP contribution in [0.25, 0.3) is 0 Å². The van der Waals surface area contributed by atoms with E-state index in [4.69, 9.17) is 17.3 Å². The van der Waals surface area contributed by atoms with E-state index in [1.807, 2.05) is 0 Å². The van der Waals surface area contributed by atoms with Gasteiger partial charge in [-0.3, -0.25) is 0 Å². The fourth-order valence-electron chi connectivity index (χ4n) is 0.856. The third kappa shape index (κ3) is 1.84. The number of hydrogen-bond donors (Lipinski definition) is 1. The van der Waals surface area contributed by atoms with E-state index in [0.29, 0.717) is 0 Å². The summed E-state index contributed by atoms with van der Waals surface area (Å²) in [6.45, 7) is 3.53. The zero-order valence-electron chi connectivity index (χ0n) is 6.43. The van der Waals surface area contributed by atoms with Crippen molar-refractivity contribution in [2.45, 2.75) is 6.04 Å². The lowest BCUT2D eigenvalue weighted by Crippen LogP contribution is -2.06. The fraction of sp³-hybridized carbons (Fsp3) is 0.111. The molecule has 1 atom stereocenters. The maximum Gasteiger partial charge on any atom is 0.141 e. The van der Waals surface area contributed by atoms with Gasteiger partial charge in [0.2, 0.25) is 0 Å². The molecule has 1 nitrogen and oxygen atoms in total. The summed E-state index contributed by atoms with van der Waals surface area (Å²) in [5.74, 6) is -0.434. The molecule has 0 saturated carbocycles. The number of nitrogens with two attached hydrogens (primary N) is 1. The van der Waals surface area contributed by atoms with E-state index >= 15 is 0 Å². The van der Waals surface area contributed by atoms with E-state index in [2.05, 4.69) is 6.58 Å². The zero-order valence-corrected chi connectivity index (χ0v) is 7.18. The predicted molar refractivity (Wildman–Crippen MR) is 48.5 cm³/mol. The first-order valence-electron chi connectivity index (χ1n) is 3.48. The molecular formula is C9H9ClFN. The molecule has 0 aromatic heterocycles. The minimum atomic E-state index is -0.434. The van der Waals surface area contributed by atoms with E-state index < -0.39 is 5.82 Å². The van der Waals surface area contributed by atoms with Crippen molar-refractivity contribution in [1.29, 1.82) is 0 Å². The molecule has 0 aliphatic carbocycles. The Morgan fingerprint density at radius 1 is 1.58 bits per heavy atom. The van der Waals surface area contributed by atoms with Gasteiger partial charge in [-0.2, -0.15) is 0 Å². The zero-order chi connectivity index (χ0) is 9.14. The summed E-state index contributed by atoms with van der Waals surface area (Å²) >= 11 is 5.55. The smallest absolute Gasteiger partial charge is 0.141 e. The molecule has 3 heteroatoms.